The molecule has 8 heteroatoms. The Labute approximate surface area is 169 Å². The SMILES string of the molecule is Cc1n[nH]c(C)c1[C@@H](C)N(C)Cc1cnc(S(=O)(=O)C(C)C)n1CCC(C)C. The first-order valence-corrected chi connectivity index (χ1v) is 11.5. The van der Waals surface area contributed by atoms with Crippen LogP contribution in [0.3, 0.4) is 0 Å². The van der Waals surface area contributed by atoms with Crippen LogP contribution < -0.4 is 0 Å². The summed E-state index contributed by atoms with van der Waals surface area (Å²) < 4.78 is 27.5. The third-order valence-electron chi connectivity index (χ3n) is 5.38. The molecule has 2 rings (SSSR count). The molecule has 28 heavy (non-hydrogen) atoms. The molecule has 0 aliphatic carbocycles. The van der Waals surface area contributed by atoms with Crippen LogP contribution in [0.25, 0.3) is 0 Å². The molecule has 0 unspecified atom stereocenters. The van der Waals surface area contributed by atoms with Crippen molar-refractivity contribution < 1.29 is 8.42 Å². The van der Waals surface area contributed by atoms with Gasteiger partial charge in [0.15, 0.2) is 0 Å². The van der Waals surface area contributed by atoms with E-state index in [1.54, 1.807) is 20.0 Å². The fourth-order valence-corrected chi connectivity index (χ4v) is 4.51. The zero-order valence-corrected chi connectivity index (χ0v) is 19.3. The largest absolute Gasteiger partial charge is 0.318 e. The Morgan fingerprint density at radius 1 is 1.18 bits per heavy atom. The van der Waals surface area contributed by atoms with E-state index in [0.717, 1.165) is 23.5 Å². The zero-order valence-electron chi connectivity index (χ0n) is 18.4. The molecular formula is C20H35N5O2S. The summed E-state index contributed by atoms with van der Waals surface area (Å²) >= 11 is 0. The van der Waals surface area contributed by atoms with Gasteiger partial charge in [0.25, 0.3) is 0 Å². The minimum Gasteiger partial charge on any atom is -0.318 e. The monoisotopic (exact) mass is 409 g/mol. The van der Waals surface area contributed by atoms with Crippen molar-refractivity contribution in [3.8, 4) is 0 Å². The van der Waals surface area contributed by atoms with Crippen molar-refractivity contribution in [1.82, 2.24) is 24.6 Å². The van der Waals surface area contributed by atoms with E-state index in [2.05, 4.69) is 40.9 Å². The number of aromatic amines is 1. The second-order valence-corrected chi connectivity index (χ2v) is 10.8. The summed E-state index contributed by atoms with van der Waals surface area (Å²) in [4.78, 5) is 6.53. The molecule has 0 spiro atoms. The molecule has 0 amide bonds. The number of hydrogen-bond donors (Lipinski definition) is 1. The van der Waals surface area contributed by atoms with E-state index in [1.807, 2.05) is 25.5 Å². The van der Waals surface area contributed by atoms with Crippen LogP contribution in [0.1, 0.15) is 69.7 Å². The first kappa shape index (κ1) is 22.6. The van der Waals surface area contributed by atoms with Crippen molar-refractivity contribution in [2.24, 2.45) is 5.92 Å². The molecule has 0 fully saturated rings. The Hall–Kier alpha value is -1.67. The van der Waals surface area contributed by atoms with Gasteiger partial charge < -0.3 is 4.57 Å². The van der Waals surface area contributed by atoms with E-state index < -0.39 is 15.1 Å². The van der Waals surface area contributed by atoms with Gasteiger partial charge in [0.2, 0.25) is 15.0 Å². The minimum absolute atomic E-state index is 0.150. The van der Waals surface area contributed by atoms with E-state index in [-0.39, 0.29) is 11.2 Å². The quantitative estimate of drug-likeness (QED) is 0.683. The average molecular weight is 410 g/mol. The molecule has 0 radical (unpaired) electrons. The van der Waals surface area contributed by atoms with Gasteiger partial charge in [0.05, 0.1) is 22.8 Å². The van der Waals surface area contributed by atoms with Crippen LogP contribution in [-0.4, -0.2) is 45.4 Å². The number of H-pyrrole nitrogens is 1. The fourth-order valence-electron chi connectivity index (χ4n) is 3.37. The van der Waals surface area contributed by atoms with Crippen LogP contribution in [0, 0.1) is 19.8 Å². The van der Waals surface area contributed by atoms with Gasteiger partial charge in [-0.05, 0) is 54.0 Å². The number of aromatic nitrogens is 4. The third-order valence-corrected chi connectivity index (χ3v) is 7.46. The lowest BCUT2D eigenvalue weighted by Gasteiger charge is -2.26. The smallest absolute Gasteiger partial charge is 0.228 e. The highest BCUT2D eigenvalue weighted by Crippen LogP contribution is 2.26. The second-order valence-electron chi connectivity index (χ2n) is 8.40. The maximum Gasteiger partial charge on any atom is 0.228 e. The number of aryl methyl sites for hydroxylation is 2. The number of hydrogen-bond acceptors (Lipinski definition) is 5. The molecule has 0 aliphatic rings. The highest BCUT2D eigenvalue weighted by Gasteiger charge is 2.28. The summed E-state index contributed by atoms with van der Waals surface area (Å²) in [6, 6.07) is 0.150. The summed E-state index contributed by atoms with van der Waals surface area (Å²) in [5.41, 5.74) is 4.17. The molecule has 1 atom stereocenters. The van der Waals surface area contributed by atoms with E-state index in [0.29, 0.717) is 19.0 Å². The maximum atomic E-state index is 12.8. The molecule has 0 saturated heterocycles. The number of rotatable bonds is 9. The minimum atomic E-state index is -3.43. The average Bonchev–Trinajstić information content (AvgIpc) is 3.15. The Bertz CT molecular complexity index is 876. The van der Waals surface area contributed by atoms with Gasteiger partial charge in [-0.3, -0.25) is 10.00 Å². The molecule has 2 heterocycles. The summed E-state index contributed by atoms with van der Waals surface area (Å²) in [7, 11) is -1.38. The highest BCUT2D eigenvalue weighted by molar-refractivity contribution is 7.91. The molecule has 7 nitrogen and oxygen atoms in total. The first-order valence-electron chi connectivity index (χ1n) is 9.96. The van der Waals surface area contributed by atoms with Gasteiger partial charge in [-0.15, -0.1) is 0 Å². The van der Waals surface area contributed by atoms with Crippen molar-refractivity contribution in [2.45, 2.75) is 84.4 Å². The molecule has 2 aromatic heterocycles. The van der Waals surface area contributed by atoms with Gasteiger partial charge in [-0.1, -0.05) is 13.8 Å². The summed E-state index contributed by atoms with van der Waals surface area (Å²) in [6.07, 6.45) is 2.62. The molecule has 158 valence electrons. The lowest BCUT2D eigenvalue weighted by molar-refractivity contribution is 0.243. The molecule has 0 aliphatic heterocycles. The van der Waals surface area contributed by atoms with E-state index >= 15 is 0 Å². The van der Waals surface area contributed by atoms with Gasteiger partial charge in [0, 0.05) is 30.4 Å². The Kier molecular flexibility index (Phi) is 7.09. The van der Waals surface area contributed by atoms with Gasteiger partial charge in [-0.25, -0.2) is 13.4 Å². The highest BCUT2D eigenvalue weighted by atomic mass is 32.2. The van der Waals surface area contributed by atoms with Crippen LogP contribution in [0.5, 0.6) is 0 Å². The second kappa shape index (κ2) is 8.78. The van der Waals surface area contributed by atoms with Crippen molar-refractivity contribution in [3.63, 3.8) is 0 Å². The zero-order chi connectivity index (χ0) is 21.2. The van der Waals surface area contributed by atoms with Crippen molar-refractivity contribution >= 4 is 9.84 Å². The Morgan fingerprint density at radius 2 is 1.82 bits per heavy atom. The lowest BCUT2D eigenvalue weighted by atomic mass is 10.1. The van der Waals surface area contributed by atoms with Gasteiger partial charge >= 0.3 is 0 Å². The van der Waals surface area contributed by atoms with Crippen LogP contribution in [0.4, 0.5) is 0 Å². The van der Waals surface area contributed by atoms with Crippen LogP contribution in [0.2, 0.25) is 0 Å². The number of nitrogens with one attached hydrogen (secondary N) is 1. The third kappa shape index (κ3) is 4.66. The molecule has 0 saturated carbocycles. The van der Waals surface area contributed by atoms with Crippen molar-refractivity contribution in [2.75, 3.05) is 7.05 Å². The molecule has 0 bridgehead atoms. The Morgan fingerprint density at radius 3 is 2.32 bits per heavy atom. The lowest BCUT2D eigenvalue weighted by Crippen LogP contribution is -2.26. The summed E-state index contributed by atoms with van der Waals surface area (Å²) in [5.74, 6) is 0.484. The number of sulfone groups is 1. The molecular weight excluding hydrogens is 374 g/mol. The van der Waals surface area contributed by atoms with Crippen molar-refractivity contribution in [3.05, 3.63) is 28.8 Å². The predicted octanol–water partition coefficient (Wildman–Crippen LogP) is 3.64. The number of imidazole rings is 1. The molecule has 1 N–H and O–H groups in total. The summed E-state index contributed by atoms with van der Waals surface area (Å²) in [5, 5.41) is 7.04. The first-order chi connectivity index (χ1) is 13.0. The molecule has 0 aromatic carbocycles. The summed E-state index contributed by atoms with van der Waals surface area (Å²) in [6.45, 7) is 15.1. The van der Waals surface area contributed by atoms with Gasteiger partial charge in [0.1, 0.15) is 0 Å². The Balaban J connectivity index is 2.35. The maximum absolute atomic E-state index is 12.8. The van der Waals surface area contributed by atoms with E-state index in [1.165, 1.54) is 5.56 Å². The van der Waals surface area contributed by atoms with Crippen LogP contribution in [-0.2, 0) is 22.9 Å². The van der Waals surface area contributed by atoms with Crippen molar-refractivity contribution in [1.29, 1.82) is 0 Å². The number of nitrogens with zero attached hydrogens (tertiary/aromatic N) is 4. The van der Waals surface area contributed by atoms with Gasteiger partial charge in [-0.2, -0.15) is 5.10 Å². The predicted molar refractivity (Wildman–Crippen MR) is 112 cm³/mol. The van der Waals surface area contributed by atoms with E-state index in [9.17, 15) is 8.42 Å². The normalized spacial score (nSPS) is 13.8. The van der Waals surface area contributed by atoms with Crippen LogP contribution in [0.15, 0.2) is 11.4 Å². The standard InChI is InChI=1S/C20H35N5O2S/c1-13(2)9-10-25-18(11-21-20(25)28(26,27)14(3)4)12-24(8)17(7)19-15(5)22-23-16(19)6/h11,13-14,17H,9-10,12H2,1-8H3,(H,22,23)/t17-/m1/s1. The molecule has 2 aromatic rings. The van der Waals surface area contributed by atoms with E-state index in [4.69, 9.17) is 0 Å². The topological polar surface area (TPSA) is 83.9 Å². The van der Waals surface area contributed by atoms with Crippen LogP contribution >= 0.6 is 0 Å². The fraction of sp³-hybridized carbons (Fsp3) is 0.700.